The number of aliphatic hydroxyl groups excluding tert-OH is 1. The number of aryl methyl sites for hydroxylation is 1. The minimum Gasteiger partial charge on any atom is -0.391 e. The lowest BCUT2D eigenvalue weighted by Gasteiger charge is -2.33. The summed E-state index contributed by atoms with van der Waals surface area (Å²) in [6.07, 6.45) is 1.31. The molecule has 2 N–H and O–H groups in total. The average molecular weight is 363 g/mol. The summed E-state index contributed by atoms with van der Waals surface area (Å²) in [7, 11) is 0. The Morgan fingerprint density at radius 1 is 0.750 bits per heavy atom. The third-order valence-corrected chi connectivity index (χ3v) is 6.30. The Morgan fingerprint density at radius 2 is 1.50 bits per heavy atom. The van der Waals surface area contributed by atoms with E-state index in [0.29, 0.717) is 0 Å². The van der Waals surface area contributed by atoms with Gasteiger partial charge >= 0.3 is 0 Å². The Morgan fingerprint density at radius 3 is 2.32 bits per heavy atom. The molecule has 0 unspecified atom stereocenters. The zero-order chi connectivity index (χ0) is 18.7. The lowest BCUT2D eigenvalue weighted by Crippen LogP contribution is -2.31. The van der Waals surface area contributed by atoms with E-state index in [-0.39, 0.29) is 12.1 Å². The van der Waals surface area contributed by atoms with E-state index in [1.54, 1.807) is 0 Å². The Balaban J connectivity index is 1.62. The van der Waals surface area contributed by atoms with Gasteiger partial charge in [-0.1, -0.05) is 60.7 Å². The van der Waals surface area contributed by atoms with E-state index >= 15 is 0 Å². The standard InChI is InChI=1S/C26H21NO/c28-23-14-13-20-21-12-11-17-6-4-5-16-9-10-18(25(21)24(16)17)15-22(20)26(23)27-19-7-2-1-3-8-19/h1-12,15,23,26-28H,13-14H2/t23-,26+/m1/s1. The number of para-hydroxylation sites is 1. The van der Waals surface area contributed by atoms with Crippen LogP contribution in [0.4, 0.5) is 5.69 Å². The summed E-state index contributed by atoms with van der Waals surface area (Å²) in [6.45, 7) is 0. The van der Waals surface area contributed by atoms with Crippen LogP contribution < -0.4 is 5.32 Å². The molecule has 0 radical (unpaired) electrons. The monoisotopic (exact) mass is 363 g/mol. The molecule has 0 bridgehead atoms. The molecule has 1 aliphatic rings. The summed E-state index contributed by atoms with van der Waals surface area (Å²) in [6, 6.07) is 27.9. The van der Waals surface area contributed by atoms with E-state index in [4.69, 9.17) is 0 Å². The number of benzene rings is 5. The fourth-order valence-electron chi connectivity index (χ4n) is 5.00. The van der Waals surface area contributed by atoms with E-state index in [1.807, 2.05) is 18.2 Å². The van der Waals surface area contributed by atoms with Crippen molar-refractivity contribution in [1.82, 2.24) is 0 Å². The summed E-state index contributed by atoms with van der Waals surface area (Å²) in [5.41, 5.74) is 3.66. The van der Waals surface area contributed by atoms with Crippen LogP contribution in [-0.4, -0.2) is 11.2 Å². The summed E-state index contributed by atoms with van der Waals surface area (Å²) < 4.78 is 0. The molecule has 0 fully saturated rings. The van der Waals surface area contributed by atoms with Crippen LogP contribution >= 0.6 is 0 Å². The van der Waals surface area contributed by atoms with Crippen LogP contribution in [0.3, 0.4) is 0 Å². The molecule has 0 spiro atoms. The zero-order valence-corrected chi connectivity index (χ0v) is 15.5. The molecule has 0 aliphatic heterocycles. The van der Waals surface area contributed by atoms with Crippen LogP contribution in [0.25, 0.3) is 32.3 Å². The quantitative estimate of drug-likeness (QED) is 0.375. The first kappa shape index (κ1) is 15.9. The van der Waals surface area contributed by atoms with Crippen LogP contribution in [0, 0.1) is 0 Å². The van der Waals surface area contributed by atoms with Gasteiger partial charge in [-0.05, 0) is 74.5 Å². The highest BCUT2D eigenvalue weighted by Gasteiger charge is 2.30. The van der Waals surface area contributed by atoms with Crippen molar-refractivity contribution in [1.29, 1.82) is 0 Å². The number of hydrogen-bond donors (Lipinski definition) is 2. The summed E-state index contributed by atoms with van der Waals surface area (Å²) in [5.74, 6) is 0. The number of aliphatic hydroxyl groups is 1. The van der Waals surface area contributed by atoms with Gasteiger partial charge in [0, 0.05) is 5.69 Å². The highest BCUT2D eigenvalue weighted by molar-refractivity contribution is 6.23. The van der Waals surface area contributed by atoms with Gasteiger partial charge in [0.05, 0.1) is 12.1 Å². The highest BCUT2D eigenvalue weighted by Crippen LogP contribution is 2.42. The van der Waals surface area contributed by atoms with Gasteiger partial charge in [0.1, 0.15) is 0 Å². The second kappa shape index (κ2) is 5.95. The number of hydrogen-bond acceptors (Lipinski definition) is 2. The van der Waals surface area contributed by atoms with Gasteiger partial charge in [0.15, 0.2) is 0 Å². The first-order chi connectivity index (χ1) is 13.8. The number of rotatable bonds is 2. The molecule has 6 rings (SSSR count). The second-order valence-electron chi connectivity index (χ2n) is 7.89. The maximum Gasteiger partial charge on any atom is 0.0786 e. The second-order valence-corrected chi connectivity index (χ2v) is 7.89. The highest BCUT2D eigenvalue weighted by atomic mass is 16.3. The van der Waals surface area contributed by atoms with Crippen molar-refractivity contribution in [2.24, 2.45) is 0 Å². The molecule has 0 saturated carbocycles. The third kappa shape index (κ3) is 2.25. The van der Waals surface area contributed by atoms with Crippen molar-refractivity contribution in [2.75, 3.05) is 5.32 Å². The fraction of sp³-hybridized carbons (Fsp3) is 0.154. The lowest BCUT2D eigenvalue weighted by atomic mass is 9.80. The fourth-order valence-corrected chi connectivity index (χ4v) is 5.00. The number of fused-ring (bicyclic) bond motifs is 2. The molecule has 2 heteroatoms. The summed E-state index contributed by atoms with van der Waals surface area (Å²) >= 11 is 0. The Kier molecular flexibility index (Phi) is 3.38. The first-order valence-electron chi connectivity index (χ1n) is 9.98. The summed E-state index contributed by atoms with van der Waals surface area (Å²) in [5, 5.41) is 22.3. The largest absolute Gasteiger partial charge is 0.391 e. The van der Waals surface area contributed by atoms with Crippen molar-refractivity contribution in [3.8, 4) is 0 Å². The van der Waals surface area contributed by atoms with E-state index in [2.05, 4.69) is 66.0 Å². The number of nitrogens with one attached hydrogen (secondary N) is 1. The third-order valence-electron chi connectivity index (χ3n) is 6.30. The first-order valence-corrected chi connectivity index (χ1v) is 9.98. The van der Waals surface area contributed by atoms with Crippen molar-refractivity contribution in [3.63, 3.8) is 0 Å². The molecule has 5 aromatic carbocycles. The molecule has 28 heavy (non-hydrogen) atoms. The van der Waals surface area contributed by atoms with E-state index in [0.717, 1.165) is 18.5 Å². The molecule has 0 amide bonds. The molecule has 0 saturated heterocycles. The molecule has 0 heterocycles. The maximum atomic E-state index is 10.8. The lowest BCUT2D eigenvalue weighted by molar-refractivity contribution is 0.136. The SMILES string of the molecule is O[C@@H]1CCc2c(cc3ccc4cccc5ccc2c3c45)[C@@H]1Nc1ccccc1. The smallest absolute Gasteiger partial charge is 0.0786 e. The van der Waals surface area contributed by atoms with Crippen LogP contribution in [0.2, 0.25) is 0 Å². The van der Waals surface area contributed by atoms with E-state index < -0.39 is 0 Å². The molecule has 1 aliphatic carbocycles. The van der Waals surface area contributed by atoms with Crippen molar-refractivity contribution in [2.45, 2.75) is 25.0 Å². The molecule has 0 aromatic heterocycles. The van der Waals surface area contributed by atoms with Crippen molar-refractivity contribution < 1.29 is 5.11 Å². The van der Waals surface area contributed by atoms with Gasteiger partial charge < -0.3 is 10.4 Å². The molecular formula is C26H21NO. The number of anilines is 1. The normalized spacial score (nSPS) is 19.3. The summed E-state index contributed by atoms with van der Waals surface area (Å²) in [4.78, 5) is 0. The minimum atomic E-state index is -0.388. The van der Waals surface area contributed by atoms with Crippen molar-refractivity contribution >= 4 is 38.0 Å². The molecule has 2 atom stereocenters. The Labute approximate surface area is 163 Å². The van der Waals surface area contributed by atoms with Gasteiger partial charge in [0.25, 0.3) is 0 Å². The van der Waals surface area contributed by atoms with E-state index in [1.165, 1.54) is 43.4 Å². The van der Waals surface area contributed by atoms with Crippen LogP contribution in [-0.2, 0) is 6.42 Å². The Bertz CT molecular complexity index is 1290. The van der Waals surface area contributed by atoms with E-state index in [9.17, 15) is 5.11 Å². The van der Waals surface area contributed by atoms with Gasteiger partial charge in [-0.3, -0.25) is 0 Å². The topological polar surface area (TPSA) is 32.3 Å². The predicted octanol–water partition coefficient (Wildman–Crippen LogP) is 6.04. The van der Waals surface area contributed by atoms with Gasteiger partial charge in [0.2, 0.25) is 0 Å². The Hall–Kier alpha value is -3.10. The molecular weight excluding hydrogens is 342 g/mol. The van der Waals surface area contributed by atoms with Gasteiger partial charge in [-0.15, -0.1) is 0 Å². The molecule has 5 aromatic rings. The molecule has 136 valence electrons. The van der Waals surface area contributed by atoms with Crippen LogP contribution in [0.1, 0.15) is 23.6 Å². The maximum absolute atomic E-state index is 10.8. The van der Waals surface area contributed by atoms with Gasteiger partial charge in [-0.25, -0.2) is 0 Å². The average Bonchev–Trinajstić information content (AvgIpc) is 2.74. The van der Waals surface area contributed by atoms with Crippen molar-refractivity contribution in [3.05, 3.63) is 90.0 Å². The van der Waals surface area contributed by atoms with Gasteiger partial charge in [-0.2, -0.15) is 0 Å². The predicted molar refractivity (Wildman–Crippen MR) is 117 cm³/mol. The minimum absolute atomic E-state index is 0.0898. The zero-order valence-electron chi connectivity index (χ0n) is 15.5. The van der Waals surface area contributed by atoms with Crippen LogP contribution in [0.15, 0.2) is 78.9 Å². The molecule has 2 nitrogen and oxygen atoms in total. The van der Waals surface area contributed by atoms with Crippen LogP contribution in [0.5, 0.6) is 0 Å².